The minimum Gasteiger partial charge on any atom is -0.493 e. The molecule has 1 fully saturated rings. The van der Waals surface area contributed by atoms with E-state index in [4.69, 9.17) is 14.2 Å². The van der Waals surface area contributed by atoms with Crippen molar-refractivity contribution >= 4 is 22.9 Å². The maximum absolute atomic E-state index is 12.1. The summed E-state index contributed by atoms with van der Waals surface area (Å²) in [5.41, 5.74) is 9.71. The lowest BCUT2D eigenvalue weighted by atomic mass is 10.1. The van der Waals surface area contributed by atoms with Crippen LogP contribution in [0, 0.1) is 0 Å². The number of benzene rings is 4. The van der Waals surface area contributed by atoms with Gasteiger partial charge in [-0.2, -0.15) is 11.3 Å². The summed E-state index contributed by atoms with van der Waals surface area (Å²) in [7, 11) is 0. The number of aromatic nitrogens is 4. The van der Waals surface area contributed by atoms with E-state index < -0.39 is 0 Å². The van der Waals surface area contributed by atoms with E-state index in [0.29, 0.717) is 19.6 Å². The molecule has 0 aliphatic carbocycles. The number of carbonyl (C=O) groups is 1. The molecule has 1 atom stereocenters. The van der Waals surface area contributed by atoms with Crippen molar-refractivity contribution < 1.29 is 19.0 Å². The molecular weight excluding hydrogens is 695 g/mol. The molecule has 9 nitrogen and oxygen atoms in total. The number of anilines is 1. The number of carbonyl (C=O) groups excluding carboxylic acids is 1. The van der Waals surface area contributed by atoms with E-state index in [0.717, 1.165) is 77.6 Å². The molecular formula is C44H43N5O4S. The molecule has 1 amide bonds. The average molecular weight is 738 g/mol. The molecule has 1 aliphatic rings. The van der Waals surface area contributed by atoms with E-state index in [1.54, 1.807) is 30.2 Å². The second-order valence-corrected chi connectivity index (χ2v) is 13.7. The number of aromatic amines is 2. The molecule has 8 rings (SSSR count). The predicted molar refractivity (Wildman–Crippen MR) is 215 cm³/mol. The van der Waals surface area contributed by atoms with Crippen molar-refractivity contribution in [1.29, 1.82) is 0 Å². The summed E-state index contributed by atoms with van der Waals surface area (Å²) < 4.78 is 17.5. The third kappa shape index (κ3) is 10.1. The van der Waals surface area contributed by atoms with Gasteiger partial charge in [-0.15, -0.1) is 0 Å². The number of amides is 1. The molecule has 0 radical (unpaired) electrons. The Morgan fingerprint density at radius 2 is 1.33 bits per heavy atom. The van der Waals surface area contributed by atoms with Gasteiger partial charge in [0.05, 0.1) is 62.2 Å². The maximum Gasteiger partial charge on any atom is 0.226 e. The standard InChI is InChI=1S/C23H25N3O3.C21H18N2OS/c27-23(14-19-4-3-12-28-19)26-18-9-7-17(8-10-18)11-13-29-22-6-2-1-5-20(22)21-15-24-16-25-21;1-2-4-21(19(3-1)20-13-22-15-23-20)24-11-9-16-5-7-17(8-6-16)18-10-12-25-14-18/h1-2,5-10,15-16,19H,3-4,11-14H2,(H,24,25)(H,26,27);1-8,10,12-15H,9,11H2,(H,22,23). The van der Waals surface area contributed by atoms with Crippen LogP contribution in [0.3, 0.4) is 0 Å². The van der Waals surface area contributed by atoms with Crippen LogP contribution in [0.15, 0.2) is 139 Å². The fourth-order valence-electron chi connectivity index (χ4n) is 6.27. The second-order valence-electron chi connectivity index (χ2n) is 12.9. The Labute approximate surface area is 319 Å². The number of nitrogens with zero attached hydrogens (tertiary/aromatic N) is 2. The van der Waals surface area contributed by atoms with E-state index >= 15 is 0 Å². The molecule has 0 bridgehead atoms. The first-order valence-corrected chi connectivity index (χ1v) is 19.2. The SMILES string of the molecule is O=C(CC1CCCO1)Nc1ccc(CCOc2ccccc2-c2cnc[nH]2)cc1.c1ccc(-c2cnc[nH]2)c(OCCc2ccc(-c3ccsc3)cc2)c1. The number of hydrogen-bond acceptors (Lipinski definition) is 7. The molecule has 1 saturated heterocycles. The molecule has 274 valence electrons. The Morgan fingerprint density at radius 1 is 0.741 bits per heavy atom. The van der Waals surface area contributed by atoms with Crippen LogP contribution in [0.25, 0.3) is 33.6 Å². The number of thiophene rings is 1. The molecule has 4 aromatic carbocycles. The largest absolute Gasteiger partial charge is 0.493 e. The summed E-state index contributed by atoms with van der Waals surface area (Å²) in [6.07, 6.45) is 11.1. The van der Waals surface area contributed by atoms with Crippen molar-refractivity contribution in [3.8, 4) is 45.1 Å². The van der Waals surface area contributed by atoms with Crippen molar-refractivity contribution in [2.75, 3.05) is 25.1 Å². The highest BCUT2D eigenvalue weighted by Crippen LogP contribution is 2.29. The van der Waals surface area contributed by atoms with E-state index in [-0.39, 0.29) is 12.0 Å². The van der Waals surface area contributed by atoms with Gasteiger partial charge in [0.15, 0.2) is 0 Å². The van der Waals surface area contributed by atoms with Gasteiger partial charge < -0.3 is 29.5 Å². The molecule has 3 aromatic heterocycles. The fourth-order valence-corrected chi connectivity index (χ4v) is 6.93. The van der Waals surface area contributed by atoms with Crippen LogP contribution in [0.4, 0.5) is 5.69 Å². The van der Waals surface area contributed by atoms with Crippen LogP contribution >= 0.6 is 11.3 Å². The third-order valence-corrected chi connectivity index (χ3v) is 9.81. The van der Waals surface area contributed by atoms with Gasteiger partial charge in [0.25, 0.3) is 0 Å². The summed E-state index contributed by atoms with van der Waals surface area (Å²) in [5, 5.41) is 7.22. The average Bonchev–Trinajstić information content (AvgIpc) is 4.06. The van der Waals surface area contributed by atoms with Gasteiger partial charge in [0, 0.05) is 36.3 Å². The van der Waals surface area contributed by atoms with Crippen molar-refractivity contribution in [1.82, 2.24) is 19.9 Å². The Bertz CT molecular complexity index is 2140. The second kappa shape index (κ2) is 18.7. The molecule has 1 unspecified atom stereocenters. The van der Waals surface area contributed by atoms with E-state index in [1.165, 1.54) is 16.7 Å². The first-order chi connectivity index (χ1) is 26.7. The highest BCUT2D eigenvalue weighted by molar-refractivity contribution is 7.08. The lowest BCUT2D eigenvalue weighted by molar-refractivity contribution is -0.118. The summed E-state index contributed by atoms with van der Waals surface area (Å²) in [4.78, 5) is 26.5. The molecule has 4 heterocycles. The minimum atomic E-state index is 0.00315. The number of ether oxygens (including phenoxy) is 3. The number of imidazole rings is 2. The molecule has 1 aliphatic heterocycles. The minimum absolute atomic E-state index is 0.00315. The molecule has 7 aromatic rings. The summed E-state index contributed by atoms with van der Waals surface area (Å²) >= 11 is 1.72. The van der Waals surface area contributed by atoms with Gasteiger partial charge >= 0.3 is 0 Å². The highest BCUT2D eigenvalue weighted by Gasteiger charge is 2.19. The van der Waals surface area contributed by atoms with Crippen LogP contribution < -0.4 is 14.8 Å². The van der Waals surface area contributed by atoms with Gasteiger partial charge in [0.2, 0.25) is 5.91 Å². The molecule has 0 spiro atoms. The predicted octanol–water partition coefficient (Wildman–Crippen LogP) is 9.63. The first-order valence-electron chi connectivity index (χ1n) is 18.2. The number of para-hydroxylation sites is 2. The first kappa shape index (κ1) is 36.4. The van der Waals surface area contributed by atoms with Crippen molar-refractivity contribution in [2.45, 2.75) is 38.2 Å². The summed E-state index contributed by atoms with van der Waals surface area (Å²) in [6, 6.07) is 34.7. The lowest BCUT2D eigenvalue weighted by Gasteiger charge is -2.11. The smallest absolute Gasteiger partial charge is 0.226 e. The van der Waals surface area contributed by atoms with Crippen LogP contribution in [0.1, 0.15) is 30.4 Å². The van der Waals surface area contributed by atoms with Crippen LogP contribution in [0.2, 0.25) is 0 Å². The van der Waals surface area contributed by atoms with Crippen LogP contribution in [0.5, 0.6) is 11.5 Å². The lowest BCUT2D eigenvalue weighted by Crippen LogP contribution is -2.19. The summed E-state index contributed by atoms with van der Waals surface area (Å²) in [5.74, 6) is 1.71. The zero-order valence-corrected chi connectivity index (χ0v) is 30.8. The normalized spacial score (nSPS) is 13.5. The number of H-pyrrole nitrogens is 2. The Morgan fingerprint density at radius 3 is 1.85 bits per heavy atom. The number of rotatable bonds is 14. The van der Waals surface area contributed by atoms with Gasteiger partial charge in [0.1, 0.15) is 11.5 Å². The quantitative estimate of drug-likeness (QED) is 0.102. The fraction of sp³-hybridized carbons (Fsp3) is 0.205. The maximum atomic E-state index is 12.1. The number of hydrogen-bond donors (Lipinski definition) is 3. The highest BCUT2D eigenvalue weighted by atomic mass is 32.1. The Hall–Kier alpha value is -5.97. The van der Waals surface area contributed by atoms with Crippen molar-refractivity contribution in [3.63, 3.8) is 0 Å². The molecule has 54 heavy (non-hydrogen) atoms. The zero-order valence-electron chi connectivity index (χ0n) is 29.9. The van der Waals surface area contributed by atoms with Crippen molar-refractivity contribution in [2.24, 2.45) is 0 Å². The number of nitrogens with one attached hydrogen (secondary N) is 3. The monoisotopic (exact) mass is 737 g/mol. The van der Waals surface area contributed by atoms with Gasteiger partial charge in [-0.05, 0) is 88.3 Å². The molecule has 10 heteroatoms. The van der Waals surface area contributed by atoms with Gasteiger partial charge in [-0.1, -0.05) is 60.7 Å². The molecule has 3 N–H and O–H groups in total. The Kier molecular flexibility index (Phi) is 12.6. The van der Waals surface area contributed by atoms with Gasteiger partial charge in [-0.25, -0.2) is 9.97 Å². The van der Waals surface area contributed by atoms with E-state index in [1.807, 2.05) is 79.0 Å². The van der Waals surface area contributed by atoms with E-state index in [9.17, 15) is 4.79 Å². The van der Waals surface area contributed by atoms with Crippen molar-refractivity contribution in [3.05, 3.63) is 150 Å². The Balaban J connectivity index is 0.000000168. The topological polar surface area (TPSA) is 114 Å². The summed E-state index contributed by atoms with van der Waals surface area (Å²) in [6.45, 7) is 1.97. The third-order valence-electron chi connectivity index (χ3n) is 9.13. The molecule has 0 saturated carbocycles. The van der Waals surface area contributed by atoms with Gasteiger partial charge in [-0.3, -0.25) is 4.79 Å². The van der Waals surface area contributed by atoms with Crippen LogP contribution in [-0.4, -0.2) is 51.8 Å². The zero-order chi connectivity index (χ0) is 36.8. The van der Waals surface area contributed by atoms with Crippen LogP contribution in [-0.2, 0) is 22.4 Å². The van der Waals surface area contributed by atoms with E-state index in [2.05, 4.69) is 66.3 Å².